The average molecular weight is 535 g/mol. The van der Waals surface area contributed by atoms with Crippen LogP contribution in [0.1, 0.15) is 65.5 Å². The second kappa shape index (κ2) is 10.9. The number of alkyl carbamates (subject to hydrolysis) is 1. The molecule has 3 aliphatic rings. The molecule has 206 valence electrons. The monoisotopic (exact) mass is 534 g/mol. The number of fused-ring (bicyclic) bond motifs is 4. The first-order valence-electron chi connectivity index (χ1n) is 13.2. The number of nitrogens with one attached hydrogen (secondary N) is 1. The smallest absolute Gasteiger partial charge is 0.408 e. The lowest BCUT2D eigenvalue weighted by Crippen LogP contribution is -2.58. The quantitative estimate of drug-likeness (QED) is 0.561. The van der Waals surface area contributed by atoms with E-state index in [1.54, 1.807) is 18.9 Å². The van der Waals surface area contributed by atoms with Gasteiger partial charge in [0, 0.05) is 30.5 Å². The van der Waals surface area contributed by atoms with Gasteiger partial charge in [-0.2, -0.15) is 11.8 Å². The van der Waals surface area contributed by atoms with Crippen molar-refractivity contribution in [2.75, 3.05) is 32.2 Å². The number of piperidine rings is 1. The van der Waals surface area contributed by atoms with Crippen molar-refractivity contribution in [2.45, 2.75) is 83.3 Å². The molecule has 3 heterocycles. The molecule has 0 aliphatic carbocycles. The van der Waals surface area contributed by atoms with Gasteiger partial charge in [-0.3, -0.25) is 4.79 Å². The number of likely N-dealkylation sites (tertiary alicyclic amines) is 1. The number of para-hydroxylation sites is 1. The summed E-state index contributed by atoms with van der Waals surface area (Å²) < 4.78 is 24.2. The first kappa shape index (κ1) is 27.9. The Morgan fingerprint density at radius 3 is 2.73 bits per heavy atom. The van der Waals surface area contributed by atoms with Crippen molar-refractivity contribution in [3.05, 3.63) is 23.8 Å². The standard InChI is InChI=1S/C28H42N2O6S/c1-27(2,3)36-26(32)29-20(12-14-37-7)25(31)30-13-11-21-17(16-30)15-19-23(34-21)18-9-8-10-22(33-6)24(18)35-28(19,4)5/h8-10,17,19-21,23H,11-16H2,1-7H3,(H,29,32)/t17-,19+,20-,21+,23-/m0/s1. The summed E-state index contributed by atoms with van der Waals surface area (Å²) in [6, 6.07) is 5.37. The Balaban J connectivity index is 1.48. The van der Waals surface area contributed by atoms with Crippen molar-refractivity contribution in [1.82, 2.24) is 10.2 Å². The van der Waals surface area contributed by atoms with Gasteiger partial charge in [0.05, 0.1) is 19.3 Å². The molecule has 2 saturated heterocycles. The summed E-state index contributed by atoms with van der Waals surface area (Å²) in [6.07, 6.45) is 3.67. The molecule has 3 aliphatic heterocycles. The summed E-state index contributed by atoms with van der Waals surface area (Å²) in [6.45, 7) is 10.9. The molecule has 0 aromatic heterocycles. The van der Waals surface area contributed by atoms with Gasteiger partial charge in [-0.15, -0.1) is 0 Å². The van der Waals surface area contributed by atoms with Crippen molar-refractivity contribution in [2.24, 2.45) is 11.8 Å². The number of rotatable bonds is 6. The molecule has 2 amide bonds. The van der Waals surface area contributed by atoms with Gasteiger partial charge in [-0.05, 0) is 72.0 Å². The van der Waals surface area contributed by atoms with Gasteiger partial charge in [0.25, 0.3) is 0 Å². The Kier molecular flexibility index (Phi) is 8.24. The number of carbonyl (C=O) groups is 2. The molecule has 5 atom stereocenters. The fraction of sp³-hybridized carbons (Fsp3) is 0.714. The molecule has 0 unspecified atom stereocenters. The van der Waals surface area contributed by atoms with Crippen LogP contribution in [0.4, 0.5) is 4.79 Å². The topological polar surface area (TPSA) is 86.3 Å². The minimum absolute atomic E-state index is 0.0466. The molecule has 1 aromatic carbocycles. The van der Waals surface area contributed by atoms with Crippen molar-refractivity contribution < 1.29 is 28.5 Å². The fourth-order valence-corrected chi connectivity index (χ4v) is 6.29. The largest absolute Gasteiger partial charge is 0.493 e. The van der Waals surface area contributed by atoms with E-state index in [0.29, 0.717) is 19.5 Å². The lowest BCUT2D eigenvalue weighted by molar-refractivity contribution is -0.189. The van der Waals surface area contributed by atoms with Gasteiger partial charge in [-0.25, -0.2) is 4.79 Å². The number of amides is 2. The molecule has 1 N–H and O–H groups in total. The predicted molar refractivity (Wildman–Crippen MR) is 144 cm³/mol. The van der Waals surface area contributed by atoms with Crippen LogP contribution in [0.3, 0.4) is 0 Å². The molecular formula is C28H42N2O6S. The van der Waals surface area contributed by atoms with E-state index in [4.69, 9.17) is 18.9 Å². The van der Waals surface area contributed by atoms with Crippen LogP contribution >= 0.6 is 11.8 Å². The SMILES string of the molecule is COc1cccc2c1OC(C)(C)[C@@H]1C[C@H]3CN(C(=O)[C@H](CCSC)NC(=O)OC(C)(C)C)CC[C@H]3O[C@@H]21. The molecule has 37 heavy (non-hydrogen) atoms. The Morgan fingerprint density at radius 2 is 2.05 bits per heavy atom. The first-order valence-corrected chi connectivity index (χ1v) is 14.6. The van der Waals surface area contributed by atoms with E-state index in [1.165, 1.54) is 0 Å². The molecule has 4 rings (SSSR count). The summed E-state index contributed by atoms with van der Waals surface area (Å²) in [4.78, 5) is 28.0. The maximum atomic E-state index is 13.6. The third-order valence-electron chi connectivity index (χ3n) is 7.61. The van der Waals surface area contributed by atoms with Crippen LogP contribution in [0.5, 0.6) is 11.5 Å². The van der Waals surface area contributed by atoms with Gasteiger partial charge >= 0.3 is 6.09 Å². The maximum absolute atomic E-state index is 13.6. The maximum Gasteiger partial charge on any atom is 0.408 e. The molecule has 2 fully saturated rings. The van der Waals surface area contributed by atoms with Crippen molar-refractivity contribution in [1.29, 1.82) is 0 Å². The number of thioether (sulfide) groups is 1. The Morgan fingerprint density at radius 1 is 1.30 bits per heavy atom. The summed E-state index contributed by atoms with van der Waals surface area (Å²) >= 11 is 1.66. The van der Waals surface area contributed by atoms with Gasteiger partial charge in [-0.1, -0.05) is 12.1 Å². The lowest BCUT2D eigenvalue weighted by Gasteiger charge is -2.53. The van der Waals surface area contributed by atoms with Crippen LogP contribution in [0.2, 0.25) is 0 Å². The van der Waals surface area contributed by atoms with E-state index in [1.807, 2.05) is 44.1 Å². The van der Waals surface area contributed by atoms with E-state index >= 15 is 0 Å². The van der Waals surface area contributed by atoms with Gasteiger partial charge in [0.2, 0.25) is 5.91 Å². The van der Waals surface area contributed by atoms with Gasteiger partial charge in [0.15, 0.2) is 11.5 Å². The summed E-state index contributed by atoms with van der Waals surface area (Å²) in [5, 5.41) is 2.83. The van der Waals surface area contributed by atoms with Gasteiger partial charge in [0.1, 0.15) is 17.2 Å². The number of hydrogen-bond donors (Lipinski definition) is 1. The molecule has 0 saturated carbocycles. The van der Waals surface area contributed by atoms with E-state index < -0.39 is 23.3 Å². The van der Waals surface area contributed by atoms with Crippen LogP contribution in [0.25, 0.3) is 0 Å². The van der Waals surface area contributed by atoms with Crippen LogP contribution in [-0.2, 0) is 14.3 Å². The van der Waals surface area contributed by atoms with E-state index in [2.05, 4.69) is 25.2 Å². The Bertz CT molecular complexity index is 993. The normalized spacial score (nSPS) is 27.1. The zero-order chi connectivity index (χ0) is 27.0. The highest BCUT2D eigenvalue weighted by molar-refractivity contribution is 7.98. The van der Waals surface area contributed by atoms with E-state index in [9.17, 15) is 9.59 Å². The summed E-state index contributed by atoms with van der Waals surface area (Å²) in [5.74, 6) is 2.58. The van der Waals surface area contributed by atoms with E-state index in [-0.39, 0.29) is 30.0 Å². The highest BCUT2D eigenvalue weighted by Gasteiger charge is 2.52. The number of methoxy groups -OCH3 is 1. The van der Waals surface area contributed by atoms with Crippen LogP contribution in [-0.4, -0.2) is 72.5 Å². The van der Waals surface area contributed by atoms with Crippen LogP contribution in [0, 0.1) is 11.8 Å². The first-order chi connectivity index (χ1) is 17.4. The fourth-order valence-electron chi connectivity index (χ4n) is 5.82. The number of nitrogens with zero attached hydrogens (tertiary/aromatic N) is 1. The Labute approximate surface area is 225 Å². The second-order valence-electron chi connectivity index (χ2n) is 11.8. The van der Waals surface area contributed by atoms with Crippen LogP contribution in [0.15, 0.2) is 18.2 Å². The van der Waals surface area contributed by atoms with Crippen molar-refractivity contribution in [3.63, 3.8) is 0 Å². The average Bonchev–Trinajstić information content (AvgIpc) is 2.83. The highest BCUT2D eigenvalue weighted by atomic mass is 32.2. The lowest BCUT2D eigenvalue weighted by atomic mass is 9.70. The zero-order valence-electron chi connectivity index (χ0n) is 23.2. The highest BCUT2D eigenvalue weighted by Crippen LogP contribution is 2.55. The zero-order valence-corrected chi connectivity index (χ0v) is 24.0. The van der Waals surface area contributed by atoms with Crippen molar-refractivity contribution >= 4 is 23.8 Å². The third kappa shape index (κ3) is 6.14. The molecule has 8 nitrogen and oxygen atoms in total. The molecular weight excluding hydrogens is 492 g/mol. The molecule has 9 heteroatoms. The molecule has 0 bridgehead atoms. The van der Waals surface area contributed by atoms with E-state index in [0.717, 1.165) is 35.7 Å². The molecule has 1 aromatic rings. The second-order valence-corrected chi connectivity index (χ2v) is 12.8. The molecule has 0 spiro atoms. The predicted octanol–water partition coefficient (Wildman–Crippen LogP) is 4.81. The number of benzene rings is 1. The minimum atomic E-state index is -0.622. The number of carbonyl (C=O) groups excluding carboxylic acids is 2. The minimum Gasteiger partial charge on any atom is -0.493 e. The summed E-state index contributed by atoms with van der Waals surface area (Å²) in [7, 11) is 1.66. The third-order valence-corrected chi connectivity index (χ3v) is 8.26. The van der Waals surface area contributed by atoms with Crippen LogP contribution < -0.4 is 14.8 Å². The van der Waals surface area contributed by atoms with Gasteiger partial charge < -0.3 is 29.2 Å². The van der Waals surface area contributed by atoms with Crippen molar-refractivity contribution in [3.8, 4) is 11.5 Å². The molecule has 0 radical (unpaired) electrons. The summed E-state index contributed by atoms with van der Waals surface area (Å²) in [5.41, 5.74) is -0.0227. The number of ether oxygens (including phenoxy) is 4. The Hall–Kier alpha value is -2.13. The number of hydrogen-bond acceptors (Lipinski definition) is 7.